The summed E-state index contributed by atoms with van der Waals surface area (Å²) in [6, 6.07) is 2.01. The lowest BCUT2D eigenvalue weighted by Gasteiger charge is -2.63. The third-order valence-corrected chi connectivity index (χ3v) is 7.96. The van der Waals surface area contributed by atoms with Crippen molar-refractivity contribution in [2.45, 2.75) is 64.1 Å². The summed E-state index contributed by atoms with van der Waals surface area (Å²) in [5.74, 6) is -0.151. The van der Waals surface area contributed by atoms with E-state index in [1.165, 1.54) is 12.5 Å². The molecule has 4 fully saturated rings. The van der Waals surface area contributed by atoms with Crippen molar-refractivity contribution in [2.75, 3.05) is 13.2 Å². The molecule has 3 heterocycles. The molecule has 1 aromatic rings. The summed E-state index contributed by atoms with van der Waals surface area (Å²) in [4.78, 5) is 24.7. The molecule has 0 radical (unpaired) electrons. The van der Waals surface area contributed by atoms with E-state index in [1.54, 1.807) is 12.5 Å². The van der Waals surface area contributed by atoms with Gasteiger partial charge in [0.15, 0.2) is 0 Å². The minimum atomic E-state index is -0.596. The Labute approximate surface area is 164 Å². The molecule has 1 aromatic heterocycles. The Balaban J connectivity index is 1.55. The number of carbonyl (C=O) groups is 2. The summed E-state index contributed by atoms with van der Waals surface area (Å²) in [7, 11) is 0. The lowest BCUT2D eigenvalue weighted by atomic mass is 9.43. The largest absolute Gasteiger partial charge is 0.472 e. The van der Waals surface area contributed by atoms with Gasteiger partial charge in [0.25, 0.3) is 0 Å². The van der Waals surface area contributed by atoms with Crippen molar-refractivity contribution in [3.63, 3.8) is 0 Å². The summed E-state index contributed by atoms with van der Waals surface area (Å²) >= 11 is 0. The summed E-state index contributed by atoms with van der Waals surface area (Å²) in [5.41, 5.74) is 0.125. The van der Waals surface area contributed by atoms with Crippen molar-refractivity contribution in [2.24, 2.45) is 22.7 Å². The maximum absolute atomic E-state index is 12.8. The molecule has 0 aromatic carbocycles. The fourth-order valence-corrected chi connectivity index (χ4v) is 6.91. The molecule has 6 heteroatoms. The van der Waals surface area contributed by atoms with Crippen LogP contribution in [-0.4, -0.2) is 36.9 Å². The van der Waals surface area contributed by atoms with Crippen molar-refractivity contribution in [1.82, 2.24) is 0 Å². The van der Waals surface area contributed by atoms with Crippen LogP contribution in [0.25, 0.3) is 0 Å². The van der Waals surface area contributed by atoms with E-state index in [2.05, 4.69) is 0 Å². The molecule has 6 atom stereocenters. The number of carbonyl (C=O) groups excluding carboxylic acids is 2. The van der Waals surface area contributed by atoms with E-state index < -0.39 is 5.41 Å². The first-order valence-electron chi connectivity index (χ1n) is 10.4. The Morgan fingerprint density at radius 1 is 1.32 bits per heavy atom. The van der Waals surface area contributed by atoms with E-state index in [4.69, 9.17) is 18.6 Å². The Hall–Kier alpha value is -1.82. The third kappa shape index (κ3) is 2.49. The van der Waals surface area contributed by atoms with Gasteiger partial charge in [0.1, 0.15) is 6.10 Å². The smallest absolute Gasteiger partial charge is 0.312 e. The number of cyclic esters (lactones) is 1. The standard InChI is InChI=1S/C22H28O6/c1-14(23)28-16-10-22(13-27-22)17(5-4-15-6-9-25-11-15)21-8-3-7-20(2,18(16)21)19(24)26-12-21/h6,9,11,16-18H,3-5,7-8,10,12-13H2,1-2H3. The van der Waals surface area contributed by atoms with Crippen LogP contribution in [0.2, 0.25) is 0 Å². The van der Waals surface area contributed by atoms with Crippen molar-refractivity contribution < 1.29 is 28.2 Å². The molecule has 2 aliphatic heterocycles. The first kappa shape index (κ1) is 18.2. The second kappa shape index (κ2) is 6.09. The Morgan fingerprint density at radius 2 is 2.14 bits per heavy atom. The summed E-state index contributed by atoms with van der Waals surface area (Å²) in [6.07, 6.45) is 8.52. The van der Waals surface area contributed by atoms with Crippen LogP contribution in [0.5, 0.6) is 0 Å². The van der Waals surface area contributed by atoms with Gasteiger partial charge in [-0.3, -0.25) is 9.59 Å². The van der Waals surface area contributed by atoms with Gasteiger partial charge in [0.2, 0.25) is 0 Å². The molecule has 4 aliphatic rings. The maximum atomic E-state index is 12.8. The van der Waals surface area contributed by atoms with Crippen molar-refractivity contribution >= 4 is 11.9 Å². The molecule has 28 heavy (non-hydrogen) atoms. The molecule has 152 valence electrons. The van der Waals surface area contributed by atoms with E-state index in [0.717, 1.165) is 32.1 Å². The average molecular weight is 388 g/mol. The number of esters is 2. The van der Waals surface area contributed by atoms with E-state index in [1.807, 2.05) is 13.0 Å². The molecule has 2 bridgehead atoms. The zero-order valence-electron chi connectivity index (χ0n) is 16.6. The first-order chi connectivity index (χ1) is 13.4. The number of epoxide rings is 1. The molecule has 2 saturated carbocycles. The van der Waals surface area contributed by atoms with Crippen LogP contribution in [-0.2, 0) is 30.2 Å². The quantitative estimate of drug-likeness (QED) is 0.582. The van der Waals surface area contributed by atoms with Crippen molar-refractivity contribution in [1.29, 1.82) is 0 Å². The number of furan rings is 1. The van der Waals surface area contributed by atoms with Crippen molar-refractivity contribution in [3.05, 3.63) is 24.2 Å². The molecular formula is C22H28O6. The van der Waals surface area contributed by atoms with Gasteiger partial charge in [0.05, 0.1) is 36.8 Å². The number of hydrogen-bond donors (Lipinski definition) is 0. The van der Waals surface area contributed by atoms with Crippen LogP contribution < -0.4 is 0 Å². The van der Waals surface area contributed by atoms with Crippen LogP contribution in [0.15, 0.2) is 23.0 Å². The van der Waals surface area contributed by atoms with Gasteiger partial charge in [-0.15, -0.1) is 0 Å². The van der Waals surface area contributed by atoms with E-state index >= 15 is 0 Å². The summed E-state index contributed by atoms with van der Waals surface area (Å²) in [5, 5.41) is 0. The van der Waals surface area contributed by atoms with Crippen molar-refractivity contribution in [3.8, 4) is 0 Å². The monoisotopic (exact) mass is 388 g/mol. The lowest BCUT2D eigenvalue weighted by Crippen LogP contribution is -2.68. The van der Waals surface area contributed by atoms with Gasteiger partial charge in [-0.25, -0.2) is 0 Å². The highest BCUT2D eigenvalue weighted by atomic mass is 16.6. The highest BCUT2D eigenvalue weighted by Crippen LogP contribution is 2.68. The Kier molecular flexibility index (Phi) is 3.96. The summed E-state index contributed by atoms with van der Waals surface area (Å²) < 4.78 is 22.9. The maximum Gasteiger partial charge on any atom is 0.312 e. The second-order valence-electron chi connectivity index (χ2n) is 9.49. The molecule has 5 rings (SSSR count). The molecular weight excluding hydrogens is 360 g/mol. The normalized spacial score (nSPS) is 43.9. The van der Waals surface area contributed by atoms with E-state index in [-0.39, 0.29) is 40.9 Å². The molecule has 0 N–H and O–H groups in total. The Morgan fingerprint density at radius 3 is 2.82 bits per heavy atom. The van der Waals surface area contributed by atoms with Gasteiger partial charge >= 0.3 is 11.9 Å². The third-order valence-electron chi connectivity index (χ3n) is 7.96. The molecule has 2 saturated heterocycles. The van der Waals surface area contributed by atoms with Gasteiger partial charge in [-0.2, -0.15) is 0 Å². The molecule has 0 amide bonds. The predicted octanol–water partition coefficient (Wildman–Crippen LogP) is 3.28. The number of aryl methyl sites for hydroxylation is 1. The topological polar surface area (TPSA) is 78.3 Å². The van der Waals surface area contributed by atoms with Crippen LogP contribution in [0.4, 0.5) is 0 Å². The number of hydrogen-bond acceptors (Lipinski definition) is 6. The minimum Gasteiger partial charge on any atom is -0.472 e. The molecule has 6 nitrogen and oxygen atoms in total. The van der Waals surface area contributed by atoms with Crippen LogP contribution in [0.1, 0.15) is 51.5 Å². The highest BCUT2D eigenvalue weighted by molar-refractivity contribution is 5.78. The zero-order chi connectivity index (χ0) is 19.6. The molecule has 1 spiro atoms. The van der Waals surface area contributed by atoms with E-state index in [0.29, 0.717) is 19.6 Å². The van der Waals surface area contributed by atoms with Gasteiger partial charge < -0.3 is 18.6 Å². The van der Waals surface area contributed by atoms with Gasteiger partial charge in [-0.1, -0.05) is 6.42 Å². The molecule has 2 aliphatic carbocycles. The minimum absolute atomic E-state index is 0.0110. The van der Waals surface area contributed by atoms with E-state index in [9.17, 15) is 9.59 Å². The fraction of sp³-hybridized carbons (Fsp3) is 0.727. The number of rotatable bonds is 4. The first-order valence-corrected chi connectivity index (χ1v) is 10.4. The van der Waals surface area contributed by atoms with Crippen LogP contribution in [0.3, 0.4) is 0 Å². The highest BCUT2D eigenvalue weighted by Gasteiger charge is 2.74. The van der Waals surface area contributed by atoms with Crippen LogP contribution >= 0.6 is 0 Å². The Bertz CT molecular complexity index is 781. The predicted molar refractivity (Wildman–Crippen MR) is 98.2 cm³/mol. The van der Waals surface area contributed by atoms with Crippen LogP contribution in [0, 0.1) is 22.7 Å². The summed E-state index contributed by atoms with van der Waals surface area (Å²) in [6.45, 7) is 4.57. The molecule has 6 unspecified atom stereocenters. The van der Waals surface area contributed by atoms with Gasteiger partial charge in [-0.05, 0) is 50.2 Å². The zero-order valence-corrected chi connectivity index (χ0v) is 16.6. The van der Waals surface area contributed by atoms with Gasteiger partial charge in [0, 0.05) is 24.7 Å². The SMILES string of the molecule is CC(=O)OC1CC2(CO2)C(CCc2ccoc2)C23CCCC(C)(C(=O)OC2)C13. The lowest BCUT2D eigenvalue weighted by molar-refractivity contribution is -0.247. The number of ether oxygens (including phenoxy) is 3. The fourth-order valence-electron chi connectivity index (χ4n) is 6.91. The average Bonchev–Trinajstić information content (AvgIpc) is 3.19. The second-order valence-corrected chi connectivity index (χ2v) is 9.49.